The third kappa shape index (κ3) is 3.90. The van der Waals surface area contributed by atoms with Gasteiger partial charge in [-0.25, -0.2) is 4.98 Å². The lowest BCUT2D eigenvalue weighted by Gasteiger charge is -2.39. The fourth-order valence-electron chi connectivity index (χ4n) is 3.27. The van der Waals surface area contributed by atoms with Crippen molar-refractivity contribution in [2.75, 3.05) is 18.0 Å². The van der Waals surface area contributed by atoms with E-state index in [0.717, 1.165) is 18.8 Å². The Morgan fingerprint density at radius 2 is 2.12 bits per heavy atom. The van der Waals surface area contributed by atoms with Gasteiger partial charge in [0, 0.05) is 37.9 Å². The lowest BCUT2D eigenvalue weighted by molar-refractivity contribution is -0.139. The number of amides is 2. The van der Waals surface area contributed by atoms with Crippen molar-refractivity contribution in [3.8, 4) is 0 Å². The fraction of sp³-hybridized carbons (Fsp3) is 0.421. The Balaban J connectivity index is 1.58. The second-order valence-corrected chi connectivity index (χ2v) is 7.01. The van der Waals surface area contributed by atoms with E-state index in [-0.39, 0.29) is 24.4 Å². The quantitative estimate of drug-likeness (QED) is 0.808. The standard InChI is InChI=1S/C19H23ClN4O2/c1-14-12-24(17-7-4-3-6-16(17)20)19(26)13-23(14)18(25)8-5-10-22-11-9-21-15(22)2/h3-4,6-7,9,11,14H,5,8,10,12-13H2,1-2H3/t14-/m1/s1. The first-order valence-corrected chi connectivity index (χ1v) is 9.17. The Morgan fingerprint density at radius 1 is 1.35 bits per heavy atom. The monoisotopic (exact) mass is 374 g/mol. The van der Waals surface area contributed by atoms with Crippen molar-refractivity contribution in [1.29, 1.82) is 0 Å². The first-order valence-electron chi connectivity index (χ1n) is 8.79. The Labute approximate surface area is 158 Å². The summed E-state index contributed by atoms with van der Waals surface area (Å²) in [5.41, 5.74) is 0.702. The van der Waals surface area contributed by atoms with Crippen molar-refractivity contribution in [1.82, 2.24) is 14.5 Å². The zero-order valence-corrected chi connectivity index (χ0v) is 15.8. The molecule has 0 saturated carbocycles. The molecule has 2 heterocycles. The molecule has 0 unspecified atom stereocenters. The molecule has 6 nitrogen and oxygen atoms in total. The minimum Gasteiger partial charge on any atom is -0.335 e. The first kappa shape index (κ1) is 18.5. The number of rotatable bonds is 5. The summed E-state index contributed by atoms with van der Waals surface area (Å²) in [6.07, 6.45) is 4.81. The highest BCUT2D eigenvalue weighted by molar-refractivity contribution is 6.33. The van der Waals surface area contributed by atoms with Crippen LogP contribution < -0.4 is 4.90 Å². The van der Waals surface area contributed by atoms with Gasteiger partial charge in [-0.05, 0) is 32.4 Å². The lowest BCUT2D eigenvalue weighted by atomic mass is 10.1. The number of aryl methyl sites for hydroxylation is 2. The zero-order chi connectivity index (χ0) is 18.7. The number of carbonyl (C=O) groups is 2. The number of piperazine rings is 1. The van der Waals surface area contributed by atoms with Crippen LogP contribution in [0.4, 0.5) is 5.69 Å². The summed E-state index contributed by atoms with van der Waals surface area (Å²) in [6.45, 7) is 5.20. The number of hydrogen-bond donors (Lipinski definition) is 0. The van der Waals surface area contributed by atoms with E-state index in [1.54, 1.807) is 22.1 Å². The number of benzene rings is 1. The van der Waals surface area contributed by atoms with E-state index in [1.165, 1.54) is 0 Å². The highest BCUT2D eigenvalue weighted by Gasteiger charge is 2.33. The van der Waals surface area contributed by atoms with E-state index < -0.39 is 0 Å². The molecule has 1 aliphatic rings. The number of para-hydroxylation sites is 1. The summed E-state index contributed by atoms with van der Waals surface area (Å²) in [4.78, 5) is 32.7. The van der Waals surface area contributed by atoms with Crippen LogP contribution in [0.25, 0.3) is 0 Å². The van der Waals surface area contributed by atoms with Gasteiger partial charge in [-0.15, -0.1) is 0 Å². The van der Waals surface area contributed by atoms with Crippen LogP contribution in [0, 0.1) is 6.92 Å². The summed E-state index contributed by atoms with van der Waals surface area (Å²) in [5, 5.41) is 0.545. The van der Waals surface area contributed by atoms with E-state index in [1.807, 2.05) is 42.8 Å². The molecule has 0 radical (unpaired) electrons. The maximum absolute atomic E-state index is 12.6. The number of aromatic nitrogens is 2. The van der Waals surface area contributed by atoms with Gasteiger partial charge in [0.15, 0.2) is 0 Å². The molecular formula is C19H23ClN4O2. The summed E-state index contributed by atoms with van der Waals surface area (Å²) in [6, 6.07) is 7.24. The highest BCUT2D eigenvalue weighted by Crippen LogP contribution is 2.28. The van der Waals surface area contributed by atoms with Crippen molar-refractivity contribution in [3.05, 3.63) is 47.5 Å². The van der Waals surface area contributed by atoms with Crippen LogP contribution in [0.1, 0.15) is 25.6 Å². The average molecular weight is 375 g/mol. The van der Waals surface area contributed by atoms with E-state index in [2.05, 4.69) is 4.98 Å². The number of hydrogen-bond acceptors (Lipinski definition) is 3. The van der Waals surface area contributed by atoms with E-state index in [4.69, 9.17) is 11.6 Å². The number of nitrogens with zero attached hydrogens (tertiary/aromatic N) is 4. The second kappa shape index (κ2) is 7.91. The van der Waals surface area contributed by atoms with Gasteiger partial charge < -0.3 is 14.4 Å². The van der Waals surface area contributed by atoms with E-state index in [9.17, 15) is 9.59 Å². The molecule has 1 aliphatic heterocycles. The Kier molecular flexibility index (Phi) is 5.61. The zero-order valence-electron chi connectivity index (χ0n) is 15.1. The van der Waals surface area contributed by atoms with Gasteiger partial charge in [0.05, 0.1) is 10.7 Å². The predicted molar refractivity (Wildman–Crippen MR) is 101 cm³/mol. The Morgan fingerprint density at radius 3 is 2.81 bits per heavy atom. The maximum Gasteiger partial charge on any atom is 0.246 e. The highest BCUT2D eigenvalue weighted by atomic mass is 35.5. The number of anilines is 1. The van der Waals surface area contributed by atoms with Gasteiger partial charge in [-0.1, -0.05) is 23.7 Å². The SMILES string of the molecule is Cc1nccn1CCCC(=O)N1CC(=O)N(c2ccccc2Cl)C[C@H]1C. The molecule has 0 N–H and O–H groups in total. The van der Waals surface area contributed by atoms with Crippen molar-refractivity contribution in [2.24, 2.45) is 0 Å². The molecule has 0 spiro atoms. The summed E-state index contributed by atoms with van der Waals surface area (Å²) in [5.74, 6) is 0.853. The topological polar surface area (TPSA) is 58.4 Å². The van der Waals surface area contributed by atoms with Crippen LogP contribution in [0.2, 0.25) is 5.02 Å². The predicted octanol–water partition coefficient (Wildman–Crippen LogP) is 2.89. The van der Waals surface area contributed by atoms with Gasteiger partial charge >= 0.3 is 0 Å². The molecule has 1 aromatic heterocycles. The molecule has 2 amide bonds. The van der Waals surface area contributed by atoms with E-state index in [0.29, 0.717) is 23.7 Å². The third-order valence-corrected chi connectivity index (χ3v) is 5.08. The summed E-state index contributed by atoms with van der Waals surface area (Å²) in [7, 11) is 0. The molecule has 0 bridgehead atoms. The smallest absolute Gasteiger partial charge is 0.246 e. The Hall–Kier alpha value is -2.34. The number of carbonyl (C=O) groups excluding carboxylic acids is 2. The van der Waals surface area contributed by atoms with Crippen LogP contribution in [-0.2, 0) is 16.1 Å². The van der Waals surface area contributed by atoms with Gasteiger partial charge in [-0.3, -0.25) is 9.59 Å². The van der Waals surface area contributed by atoms with Gasteiger partial charge in [0.25, 0.3) is 0 Å². The van der Waals surface area contributed by atoms with Crippen LogP contribution in [-0.4, -0.2) is 45.4 Å². The maximum atomic E-state index is 12.6. The minimum absolute atomic E-state index is 0.0161. The largest absolute Gasteiger partial charge is 0.335 e. The van der Waals surface area contributed by atoms with Crippen molar-refractivity contribution in [2.45, 2.75) is 39.3 Å². The molecule has 1 aromatic carbocycles. The molecule has 1 atom stereocenters. The van der Waals surface area contributed by atoms with Crippen molar-refractivity contribution >= 4 is 29.1 Å². The molecule has 1 fully saturated rings. The molecular weight excluding hydrogens is 352 g/mol. The molecule has 138 valence electrons. The van der Waals surface area contributed by atoms with Crippen molar-refractivity contribution in [3.63, 3.8) is 0 Å². The third-order valence-electron chi connectivity index (χ3n) is 4.76. The van der Waals surface area contributed by atoms with Gasteiger partial charge in [-0.2, -0.15) is 0 Å². The van der Waals surface area contributed by atoms with Crippen LogP contribution in [0.5, 0.6) is 0 Å². The van der Waals surface area contributed by atoms with Crippen LogP contribution >= 0.6 is 11.6 Å². The normalized spacial score (nSPS) is 17.7. The van der Waals surface area contributed by atoms with Crippen LogP contribution in [0.15, 0.2) is 36.7 Å². The summed E-state index contributed by atoms with van der Waals surface area (Å²) < 4.78 is 2.03. The number of halogens is 1. The van der Waals surface area contributed by atoms with Crippen LogP contribution in [0.3, 0.4) is 0 Å². The number of imidazole rings is 1. The molecule has 7 heteroatoms. The molecule has 3 rings (SSSR count). The average Bonchev–Trinajstić information content (AvgIpc) is 3.02. The van der Waals surface area contributed by atoms with Gasteiger partial charge in [0.2, 0.25) is 11.8 Å². The van der Waals surface area contributed by atoms with E-state index >= 15 is 0 Å². The second-order valence-electron chi connectivity index (χ2n) is 6.60. The first-order chi connectivity index (χ1) is 12.5. The lowest BCUT2D eigenvalue weighted by Crippen LogP contribution is -2.57. The summed E-state index contributed by atoms with van der Waals surface area (Å²) >= 11 is 6.22. The van der Waals surface area contributed by atoms with Gasteiger partial charge in [0.1, 0.15) is 12.4 Å². The fourth-order valence-corrected chi connectivity index (χ4v) is 3.51. The van der Waals surface area contributed by atoms with Crippen molar-refractivity contribution < 1.29 is 9.59 Å². The molecule has 1 saturated heterocycles. The molecule has 26 heavy (non-hydrogen) atoms. The Bertz CT molecular complexity index is 804. The molecule has 2 aromatic rings. The minimum atomic E-state index is -0.102. The molecule has 0 aliphatic carbocycles.